The van der Waals surface area contributed by atoms with E-state index in [-0.39, 0.29) is 35.6 Å². The fourth-order valence-corrected chi connectivity index (χ4v) is 2.82. The Morgan fingerprint density at radius 1 is 1.50 bits per heavy atom. The van der Waals surface area contributed by atoms with E-state index in [2.05, 4.69) is 9.88 Å². The number of rotatable bonds is 4. The third-order valence-electron chi connectivity index (χ3n) is 1.95. The topological polar surface area (TPSA) is 98.2 Å². The Kier molecular flexibility index (Phi) is 5.40. The van der Waals surface area contributed by atoms with Gasteiger partial charge in [0.25, 0.3) is 0 Å². The molecule has 1 aromatic heterocycles. The Balaban J connectivity index is 0.00000225. The molecule has 6 nitrogen and oxygen atoms in total. The molecular formula is C8H16ClN3O3S. The number of hydrogen-bond acceptors (Lipinski definition) is 5. The van der Waals surface area contributed by atoms with Crippen molar-refractivity contribution >= 4 is 22.4 Å². The maximum atomic E-state index is 11.8. The first-order valence-electron chi connectivity index (χ1n) is 4.53. The van der Waals surface area contributed by atoms with Gasteiger partial charge < -0.3 is 10.3 Å². The van der Waals surface area contributed by atoms with Crippen molar-refractivity contribution in [2.75, 3.05) is 6.54 Å². The number of nitrogens with two attached hydrogens (primary N) is 1. The molecule has 0 spiro atoms. The summed E-state index contributed by atoms with van der Waals surface area (Å²) in [5.74, 6) is 0.282. The van der Waals surface area contributed by atoms with E-state index in [1.165, 1.54) is 0 Å². The first-order valence-corrected chi connectivity index (χ1v) is 6.02. The zero-order valence-corrected chi connectivity index (χ0v) is 11.0. The highest BCUT2D eigenvalue weighted by Crippen LogP contribution is 2.18. The van der Waals surface area contributed by atoms with Crippen molar-refractivity contribution in [1.29, 1.82) is 0 Å². The standard InChI is InChI=1S/C8H15N3O3S.ClH/c1-5(4-9)11-15(12,13)8-6(2)10-14-7(8)3;/h5,11H,4,9H2,1-3H3;1H/t5-;/m0./s1. The number of nitrogens with one attached hydrogen (secondary N) is 1. The second-order valence-corrected chi connectivity index (χ2v) is 5.06. The molecule has 1 atom stereocenters. The predicted octanol–water partition coefficient (Wildman–Crippen LogP) is 0.339. The lowest BCUT2D eigenvalue weighted by Gasteiger charge is -2.11. The number of aromatic nitrogens is 1. The molecule has 0 aliphatic carbocycles. The average molecular weight is 270 g/mol. The van der Waals surface area contributed by atoms with Crippen molar-refractivity contribution in [3.8, 4) is 0 Å². The molecule has 0 aliphatic heterocycles. The second-order valence-electron chi connectivity index (χ2n) is 3.41. The molecule has 0 bridgehead atoms. The minimum atomic E-state index is -3.58. The zero-order valence-electron chi connectivity index (χ0n) is 9.35. The lowest BCUT2D eigenvalue weighted by Crippen LogP contribution is -2.38. The minimum Gasteiger partial charge on any atom is -0.360 e. The summed E-state index contributed by atoms with van der Waals surface area (Å²) >= 11 is 0. The highest BCUT2D eigenvalue weighted by molar-refractivity contribution is 7.89. The summed E-state index contributed by atoms with van der Waals surface area (Å²) in [5.41, 5.74) is 5.69. The highest BCUT2D eigenvalue weighted by atomic mass is 35.5. The molecule has 0 fully saturated rings. The van der Waals surface area contributed by atoms with Crippen LogP contribution < -0.4 is 10.5 Å². The maximum Gasteiger partial charge on any atom is 0.246 e. The summed E-state index contributed by atoms with van der Waals surface area (Å²) < 4.78 is 30.9. The number of halogens is 1. The molecule has 0 saturated heterocycles. The molecule has 8 heteroatoms. The summed E-state index contributed by atoms with van der Waals surface area (Å²) in [6.07, 6.45) is 0. The van der Waals surface area contributed by atoms with Gasteiger partial charge in [0, 0.05) is 12.6 Å². The van der Waals surface area contributed by atoms with Gasteiger partial charge in [-0.3, -0.25) is 0 Å². The number of aryl methyl sites for hydroxylation is 2. The Morgan fingerprint density at radius 3 is 2.44 bits per heavy atom. The van der Waals surface area contributed by atoms with Crippen LogP contribution >= 0.6 is 12.4 Å². The smallest absolute Gasteiger partial charge is 0.246 e. The molecule has 0 saturated carbocycles. The quantitative estimate of drug-likeness (QED) is 0.821. The van der Waals surface area contributed by atoms with Crippen LogP contribution in [-0.4, -0.2) is 26.2 Å². The van der Waals surface area contributed by atoms with E-state index < -0.39 is 10.0 Å². The average Bonchev–Trinajstić information content (AvgIpc) is 2.45. The van der Waals surface area contributed by atoms with Crippen molar-refractivity contribution in [3.63, 3.8) is 0 Å². The van der Waals surface area contributed by atoms with Crippen LogP contribution in [0.1, 0.15) is 18.4 Å². The van der Waals surface area contributed by atoms with E-state index in [0.717, 1.165) is 0 Å². The minimum absolute atomic E-state index is 0. The van der Waals surface area contributed by atoms with Crippen molar-refractivity contribution in [3.05, 3.63) is 11.5 Å². The molecule has 0 aliphatic rings. The van der Waals surface area contributed by atoms with E-state index >= 15 is 0 Å². The molecule has 94 valence electrons. The SMILES string of the molecule is Cc1noc(C)c1S(=O)(=O)N[C@@H](C)CN.Cl. The van der Waals surface area contributed by atoms with Gasteiger partial charge in [0.05, 0.1) is 0 Å². The summed E-state index contributed by atoms with van der Waals surface area (Å²) in [6.45, 7) is 5.07. The lowest BCUT2D eigenvalue weighted by atomic mass is 10.4. The molecule has 3 N–H and O–H groups in total. The summed E-state index contributed by atoms with van der Waals surface area (Å²) in [7, 11) is -3.58. The largest absolute Gasteiger partial charge is 0.360 e. The fourth-order valence-electron chi connectivity index (χ4n) is 1.23. The first kappa shape index (κ1) is 15.4. The molecule has 1 rings (SSSR count). The van der Waals surface area contributed by atoms with E-state index in [1.54, 1.807) is 20.8 Å². The monoisotopic (exact) mass is 269 g/mol. The maximum absolute atomic E-state index is 11.8. The summed E-state index contributed by atoms with van der Waals surface area (Å²) in [6, 6.07) is -0.316. The summed E-state index contributed by atoms with van der Waals surface area (Å²) in [4.78, 5) is 0.0998. The lowest BCUT2D eigenvalue weighted by molar-refractivity contribution is 0.390. The Labute approximate surface area is 101 Å². The van der Waals surface area contributed by atoms with E-state index in [1.807, 2.05) is 0 Å². The molecule has 1 heterocycles. The van der Waals surface area contributed by atoms with Crippen LogP contribution in [0, 0.1) is 13.8 Å². The van der Waals surface area contributed by atoms with Gasteiger partial charge in [-0.15, -0.1) is 12.4 Å². The molecular weight excluding hydrogens is 254 g/mol. The Morgan fingerprint density at radius 2 is 2.06 bits per heavy atom. The molecule has 1 aromatic rings. The molecule has 0 amide bonds. The molecule has 0 radical (unpaired) electrons. The highest BCUT2D eigenvalue weighted by Gasteiger charge is 2.25. The normalized spacial score (nSPS) is 13.2. The van der Waals surface area contributed by atoms with E-state index in [0.29, 0.717) is 5.69 Å². The van der Waals surface area contributed by atoms with E-state index in [4.69, 9.17) is 10.3 Å². The van der Waals surface area contributed by atoms with Gasteiger partial charge in [-0.1, -0.05) is 5.16 Å². The van der Waals surface area contributed by atoms with Gasteiger partial charge in [0.15, 0.2) is 5.76 Å². The third-order valence-corrected chi connectivity index (χ3v) is 3.78. The van der Waals surface area contributed by atoms with Crippen molar-refractivity contribution < 1.29 is 12.9 Å². The van der Waals surface area contributed by atoms with Crippen LogP contribution in [0.3, 0.4) is 0 Å². The van der Waals surface area contributed by atoms with Crippen LogP contribution in [0.15, 0.2) is 9.42 Å². The summed E-state index contributed by atoms with van der Waals surface area (Å²) in [5, 5.41) is 3.59. The second kappa shape index (κ2) is 5.62. The number of sulfonamides is 1. The predicted molar refractivity (Wildman–Crippen MR) is 62.1 cm³/mol. The third kappa shape index (κ3) is 3.18. The van der Waals surface area contributed by atoms with Crippen LogP contribution in [0.25, 0.3) is 0 Å². The van der Waals surface area contributed by atoms with E-state index in [9.17, 15) is 8.42 Å². The molecule has 0 unspecified atom stereocenters. The van der Waals surface area contributed by atoms with Crippen molar-refractivity contribution in [2.45, 2.75) is 31.7 Å². The van der Waals surface area contributed by atoms with Gasteiger partial charge in [0.2, 0.25) is 10.0 Å². The Bertz CT molecular complexity index is 424. The number of hydrogen-bond donors (Lipinski definition) is 2. The van der Waals surface area contributed by atoms with Gasteiger partial charge >= 0.3 is 0 Å². The molecule has 0 aromatic carbocycles. The zero-order chi connectivity index (χ0) is 11.6. The molecule has 16 heavy (non-hydrogen) atoms. The number of nitrogens with zero attached hydrogens (tertiary/aromatic N) is 1. The van der Waals surface area contributed by atoms with Crippen LogP contribution in [-0.2, 0) is 10.0 Å². The fraction of sp³-hybridized carbons (Fsp3) is 0.625. The van der Waals surface area contributed by atoms with Gasteiger partial charge in [-0.2, -0.15) is 0 Å². The first-order chi connectivity index (χ1) is 6.88. The Hall–Kier alpha value is -0.630. The van der Waals surface area contributed by atoms with Crippen LogP contribution in [0.4, 0.5) is 0 Å². The van der Waals surface area contributed by atoms with Crippen molar-refractivity contribution in [2.24, 2.45) is 5.73 Å². The van der Waals surface area contributed by atoms with Gasteiger partial charge in [-0.25, -0.2) is 13.1 Å². The van der Waals surface area contributed by atoms with Crippen LogP contribution in [0.2, 0.25) is 0 Å². The van der Waals surface area contributed by atoms with Gasteiger partial charge in [-0.05, 0) is 20.8 Å². The van der Waals surface area contributed by atoms with Crippen molar-refractivity contribution in [1.82, 2.24) is 9.88 Å². The van der Waals surface area contributed by atoms with Gasteiger partial charge in [0.1, 0.15) is 10.6 Å². The van der Waals surface area contributed by atoms with Crippen LogP contribution in [0.5, 0.6) is 0 Å².